The third-order valence-electron chi connectivity index (χ3n) is 8.80. The predicted octanol–water partition coefficient (Wildman–Crippen LogP) is 5.53. The number of pyridine rings is 2. The second kappa shape index (κ2) is 12.1. The van der Waals surface area contributed by atoms with Crippen LogP contribution in [0, 0.1) is 5.82 Å². The summed E-state index contributed by atoms with van der Waals surface area (Å²) in [5, 5.41) is 6.04. The molecule has 0 bridgehead atoms. The Bertz CT molecular complexity index is 1760. The maximum absolute atomic E-state index is 15.6. The molecule has 4 aliphatic rings. The van der Waals surface area contributed by atoms with Crippen LogP contribution in [0.1, 0.15) is 82.5 Å². The lowest BCUT2D eigenvalue weighted by Gasteiger charge is -2.39. The van der Waals surface area contributed by atoms with Gasteiger partial charge in [-0.15, -0.1) is 0 Å². The molecule has 0 radical (unpaired) electrons. The van der Waals surface area contributed by atoms with Gasteiger partial charge in [-0.25, -0.2) is 18.2 Å². The van der Waals surface area contributed by atoms with E-state index in [1.807, 2.05) is 0 Å². The molecule has 1 aromatic carbocycles. The highest BCUT2D eigenvalue weighted by Crippen LogP contribution is 2.42. The molecule has 4 fully saturated rings. The van der Waals surface area contributed by atoms with E-state index in [-0.39, 0.29) is 51.2 Å². The average Bonchev–Trinajstić information content (AvgIpc) is 3.94. The van der Waals surface area contributed by atoms with Gasteiger partial charge in [0.25, 0.3) is 23.3 Å². The maximum atomic E-state index is 15.6. The lowest BCUT2D eigenvalue weighted by molar-refractivity contribution is -0.113. The number of hydrogen-bond donors (Lipinski definition) is 2. The van der Waals surface area contributed by atoms with Crippen molar-refractivity contribution in [3.05, 3.63) is 80.1 Å². The van der Waals surface area contributed by atoms with Gasteiger partial charge < -0.3 is 24.8 Å². The largest absolute Gasteiger partial charge is 0.377 e. The summed E-state index contributed by atoms with van der Waals surface area (Å²) in [4.78, 5) is 45.8. The zero-order valence-corrected chi connectivity index (χ0v) is 25.7. The topological polar surface area (TPSA) is 106 Å². The molecule has 242 valence electrons. The molecule has 4 heterocycles. The van der Waals surface area contributed by atoms with Gasteiger partial charge in [0.2, 0.25) is 0 Å². The average molecular weight is 656 g/mol. The number of benzene rings is 1. The SMILES string of the molecule is O=C(Nc1cc(-c2c(F)cc(Cl)cc2C(=O)N2CC(F)(F)C2)cc(C2CC2)n1)c1cc(CNC[C@@H]2CCCO2)cn(C2CC2)c1=O. The number of nitrogens with zero attached hydrogens (tertiary/aromatic N) is 3. The lowest BCUT2D eigenvalue weighted by Crippen LogP contribution is -2.58. The molecule has 2 saturated carbocycles. The summed E-state index contributed by atoms with van der Waals surface area (Å²) in [5.74, 6) is -5.11. The number of hydrogen-bond acceptors (Lipinski definition) is 6. The number of likely N-dealkylation sites (tertiary alicyclic amines) is 1. The van der Waals surface area contributed by atoms with E-state index in [9.17, 15) is 23.2 Å². The number of halogens is 4. The van der Waals surface area contributed by atoms with Crippen molar-refractivity contribution in [1.82, 2.24) is 19.8 Å². The van der Waals surface area contributed by atoms with Crippen molar-refractivity contribution in [2.45, 2.75) is 69.1 Å². The van der Waals surface area contributed by atoms with E-state index in [1.54, 1.807) is 22.9 Å². The number of carbonyl (C=O) groups is 2. The minimum absolute atomic E-state index is 0.0373. The zero-order valence-electron chi connectivity index (χ0n) is 25.0. The molecule has 9 nitrogen and oxygen atoms in total. The van der Waals surface area contributed by atoms with Crippen LogP contribution in [0.2, 0.25) is 5.02 Å². The molecule has 1 atom stereocenters. The molecular weight excluding hydrogens is 623 g/mol. The van der Waals surface area contributed by atoms with Crippen LogP contribution in [0.5, 0.6) is 0 Å². The van der Waals surface area contributed by atoms with Gasteiger partial charge in [-0.1, -0.05) is 11.6 Å². The van der Waals surface area contributed by atoms with Gasteiger partial charge in [0, 0.05) is 54.1 Å². The van der Waals surface area contributed by atoms with Gasteiger partial charge in [0.1, 0.15) is 17.2 Å². The Morgan fingerprint density at radius 3 is 2.50 bits per heavy atom. The van der Waals surface area contributed by atoms with Gasteiger partial charge in [-0.3, -0.25) is 14.4 Å². The highest BCUT2D eigenvalue weighted by molar-refractivity contribution is 6.31. The second-order valence-electron chi connectivity index (χ2n) is 12.7. The van der Waals surface area contributed by atoms with Crippen LogP contribution < -0.4 is 16.2 Å². The molecule has 0 unspecified atom stereocenters. The Hall–Kier alpha value is -3.74. The van der Waals surface area contributed by atoms with Crippen molar-refractivity contribution in [2.24, 2.45) is 0 Å². The van der Waals surface area contributed by atoms with Crippen molar-refractivity contribution in [1.29, 1.82) is 0 Å². The van der Waals surface area contributed by atoms with Gasteiger partial charge in [-0.05, 0) is 80.0 Å². The first kappa shape index (κ1) is 30.9. The van der Waals surface area contributed by atoms with E-state index in [2.05, 4.69) is 15.6 Å². The number of ether oxygens (including phenoxy) is 1. The Balaban J connectivity index is 1.19. The third-order valence-corrected chi connectivity index (χ3v) is 9.02. The first-order valence-electron chi connectivity index (χ1n) is 15.6. The summed E-state index contributed by atoms with van der Waals surface area (Å²) in [5.41, 5.74) is 0.845. The molecule has 7 rings (SSSR count). The lowest BCUT2D eigenvalue weighted by atomic mass is 9.96. The van der Waals surface area contributed by atoms with Crippen molar-refractivity contribution >= 4 is 29.2 Å². The zero-order chi connectivity index (χ0) is 32.2. The smallest absolute Gasteiger partial charge is 0.282 e. The molecule has 2 aliphatic heterocycles. The number of carbonyl (C=O) groups excluding carboxylic acids is 2. The number of nitrogens with one attached hydrogen (secondary N) is 2. The van der Waals surface area contributed by atoms with Crippen molar-refractivity contribution in [3.8, 4) is 11.1 Å². The van der Waals surface area contributed by atoms with E-state index < -0.39 is 42.2 Å². The van der Waals surface area contributed by atoms with E-state index >= 15 is 4.39 Å². The highest BCUT2D eigenvalue weighted by Gasteiger charge is 2.47. The standard InChI is InChI=1S/C33H33ClF3N5O4/c34-21-11-24(31(44)41-16-33(36,37)17-41)29(26(35)12-21)20-9-27(19-3-4-19)39-28(10-20)40-30(43)25-8-18(13-38-14-23-2-1-7-46-23)15-42(32(25)45)22-5-6-22/h8-12,15,19,22-23,38H,1-7,13-14,16-17H2,(H,39,40,43)/t23-/m0/s1. The predicted molar refractivity (Wildman–Crippen MR) is 165 cm³/mol. The van der Waals surface area contributed by atoms with E-state index in [0.29, 0.717) is 18.8 Å². The molecular formula is C33H33ClF3N5O4. The molecule has 2 saturated heterocycles. The van der Waals surface area contributed by atoms with Crippen LogP contribution in [-0.4, -0.2) is 64.5 Å². The van der Waals surface area contributed by atoms with Crippen LogP contribution in [0.15, 0.2) is 41.3 Å². The first-order chi connectivity index (χ1) is 22.0. The van der Waals surface area contributed by atoms with Crippen molar-refractivity contribution < 1.29 is 27.5 Å². The fraction of sp³-hybridized carbons (Fsp3) is 0.455. The van der Waals surface area contributed by atoms with E-state index in [1.165, 1.54) is 12.1 Å². The van der Waals surface area contributed by atoms with Gasteiger partial charge >= 0.3 is 0 Å². The summed E-state index contributed by atoms with van der Waals surface area (Å²) < 4.78 is 50.0. The molecule has 3 aromatic rings. The number of amides is 2. The second-order valence-corrected chi connectivity index (χ2v) is 13.1. The fourth-order valence-electron chi connectivity index (χ4n) is 6.12. The number of anilines is 1. The minimum Gasteiger partial charge on any atom is -0.377 e. The first-order valence-corrected chi connectivity index (χ1v) is 16.0. The fourth-order valence-corrected chi connectivity index (χ4v) is 6.33. The number of alkyl halides is 2. The third kappa shape index (κ3) is 6.56. The van der Waals surface area contributed by atoms with Crippen molar-refractivity contribution in [2.75, 3.05) is 31.6 Å². The monoisotopic (exact) mass is 655 g/mol. The Kier molecular flexibility index (Phi) is 8.14. The Morgan fingerprint density at radius 2 is 1.83 bits per heavy atom. The summed E-state index contributed by atoms with van der Waals surface area (Å²) in [7, 11) is 0. The Morgan fingerprint density at radius 1 is 1.04 bits per heavy atom. The van der Waals surface area contributed by atoms with Gasteiger partial charge in [-0.2, -0.15) is 0 Å². The highest BCUT2D eigenvalue weighted by atomic mass is 35.5. The Labute approximate surface area is 268 Å². The van der Waals surface area contributed by atoms with Gasteiger partial charge in [0.15, 0.2) is 0 Å². The molecule has 46 heavy (non-hydrogen) atoms. The number of aromatic nitrogens is 2. The quantitative estimate of drug-likeness (QED) is 0.298. The van der Waals surface area contributed by atoms with Crippen molar-refractivity contribution in [3.63, 3.8) is 0 Å². The van der Waals surface area contributed by atoms with E-state index in [4.69, 9.17) is 16.3 Å². The van der Waals surface area contributed by atoms with E-state index in [0.717, 1.165) is 61.7 Å². The summed E-state index contributed by atoms with van der Waals surface area (Å²) >= 11 is 6.10. The molecule has 0 spiro atoms. The summed E-state index contributed by atoms with van der Waals surface area (Å²) in [6.07, 6.45) is 7.34. The van der Waals surface area contributed by atoms with Crippen LogP contribution in [0.4, 0.5) is 19.0 Å². The molecule has 2 N–H and O–H groups in total. The molecule has 2 aromatic heterocycles. The maximum Gasteiger partial charge on any atom is 0.282 e. The van der Waals surface area contributed by atoms with Gasteiger partial charge in [0.05, 0.1) is 24.8 Å². The number of rotatable bonds is 10. The van der Waals surface area contributed by atoms with Crippen LogP contribution in [-0.2, 0) is 11.3 Å². The minimum atomic E-state index is -3.00. The molecule has 13 heteroatoms. The van der Waals surface area contributed by atoms with Crippen LogP contribution >= 0.6 is 11.6 Å². The summed E-state index contributed by atoms with van der Waals surface area (Å²) in [6.45, 7) is 0.316. The molecule has 2 aliphatic carbocycles. The normalized spacial score (nSPS) is 20.4. The summed E-state index contributed by atoms with van der Waals surface area (Å²) in [6, 6.07) is 6.98. The van der Waals surface area contributed by atoms with Crippen LogP contribution in [0.25, 0.3) is 11.1 Å². The molecule has 2 amide bonds. The van der Waals surface area contributed by atoms with Crippen LogP contribution in [0.3, 0.4) is 0 Å².